The van der Waals surface area contributed by atoms with Crippen LogP contribution >= 0.6 is 11.3 Å². The van der Waals surface area contributed by atoms with E-state index in [9.17, 15) is 18.4 Å². The summed E-state index contributed by atoms with van der Waals surface area (Å²) < 4.78 is 41.9. The molecule has 0 aliphatic carbocycles. The monoisotopic (exact) mass is 422 g/mol. The number of nitrogens with zero attached hydrogens (tertiary/aromatic N) is 1. The van der Waals surface area contributed by atoms with E-state index in [1.807, 2.05) is 0 Å². The van der Waals surface area contributed by atoms with Gasteiger partial charge in [0.05, 0.1) is 18.7 Å². The Morgan fingerprint density at radius 1 is 1.24 bits per heavy atom. The summed E-state index contributed by atoms with van der Waals surface area (Å²) in [5.41, 5.74) is 0.485. The molecule has 0 radical (unpaired) electrons. The molecule has 1 aromatic carbocycles. The average molecular weight is 422 g/mol. The van der Waals surface area contributed by atoms with Gasteiger partial charge < -0.3 is 13.9 Å². The van der Waals surface area contributed by atoms with Crippen LogP contribution in [0.4, 0.5) is 13.9 Å². The number of esters is 1. The highest BCUT2D eigenvalue weighted by molar-refractivity contribution is 7.14. The second kappa shape index (κ2) is 9.28. The van der Waals surface area contributed by atoms with E-state index >= 15 is 0 Å². The summed E-state index contributed by atoms with van der Waals surface area (Å²) in [6, 6.07) is 5.88. The van der Waals surface area contributed by atoms with Gasteiger partial charge in [-0.3, -0.25) is 14.9 Å². The van der Waals surface area contributed by atoms with Crippen molar-refractivity contribution in [2.45, 2.75) is 20.0 Å². The van der Waals surface area contributed by atoms with Gasteiger partial charge in [-0.25, -0.2) is 13.8 Å². The van der Waals surface area contributed by atoms with E-state index in [0.717, 1.165) is 23.5 Å². The molecule has 7 nitrogen and oxygen atoms in total. The Kier molecular flexibility index (Phi) is 6.55. The standard InChI is InChI=1S/C19H16F2N2O5S/c1-2-26-17(24)8-12-10-29-19(22-12)23-18(25)16-6-4-13(28-16)9-27-15-5-3-11(20)7-14(15)21/h3-7,10H,2,8-9H2,1H3,(H,22,23,25). The quantitative estimate of drug-likeness (QED) is 0.553. The van der Waals surface area contributed by atoms with Gasteiger partial charge in [0.2, 0.25) is 0 Å². The smallest absolute Gasteiger partial charge is 0.311 e. The third-order valence-corrected chi connectivity index (χ3v) is 4.36. The fourth-order valence-electron chi connectivity index (χ4n) is 2.28. The van der Waals surface area contributed by atoms with Gasteiger partial charge in [0.25, 0.3) is 5.91 Å². The summed E-state index contributed by atoms with van der Waals surface area (Å²) in [6.45, 7) is 1.85. The number of rotatable bonds is 8. The molecule has 1 amide bonds. The van der Waals surface area contributed by atoms with Crippen LogP contribution < -0.4 is 10.1 Å². The van der Waals surface area contributed by atoms with E-state index in [2.05, 4.69) is 10.3 Å². The van der Waals surface area contributed by atoms with Crippen molar-refractivity contribution in [3.05, 3.63) is 64.6 Å². The van der Waals surface area contributed by atoms with Gasteiger partial charge in [-0.1, -0.05) is 0 Å². The lowest BCUT2D eigenvalue weighted by molar-refractivity contribution is -0.142. The fourth-order valence-corrected chi connectivity index (χ4v) is 2.99. The average Bonchev–Trinajstić information content (AvgIpc) is 3.31. The lowest BCUT2D eigenvalue weighted by atomic mass is 10.3. The number of hydrogen-bond acceptors (Lipinski definition) is 7. The molecule has 1 N–H and O–H groups in total. The van der Waals surface area contributed by atoms with Crippen LogP contribution in [0.25, 0.3) is 0 Å². The lowest BCUT2D eigenvalue weighted by Gasteiger charge is -2.05. The highest BCUT2D eigenvalue weighted by atomic mass is 32.1. The molecule has 3 aromatic rings. The molecule has 0 unspecified atom stereocenters. The van der Waals surface area contributed by atoms with Crippen molar-refractivity contribution in [2.75, 3.05) is 11.9 Å². The number of hydrogen-bond donors (Lipinski definition) is 1. The Morgan fingerprint density at radius 3 is 2.83 bits per heavy atom. The maximum Gasteiger partial charge on any atom is 0.311 e. The highest BCUT2D eigenvalue weighted by Gasteiger charge is 2.15. The van der Waals surface area contributed by atoms with Crippen LogP contribution in [0, 0.1) is 11.6 Å². The summed E-state index contributed by atoms with van der Waals surface area (Å²) in [4.78, 5) is 27.9. The van der Waals surface area contributed by atoms with Crippen molar-refractivity contribution in [3.63, 3.8) is 0 Å². The minimum atomic E-state index is -0.836. The summed E-state index contributed by atoms with van der Waals surface area (Å²) in [5.74, 6) is -2.33. The van der Waals surface area contributed by atoms with Crippen molar-refractivity contribution < 1.29 is 32.3 Å². The third-order valence-electron chi connectivity index (χ3n) is 3.55. The second-order valence-corrected chi connectivity index (χ2v) is 6.57. The number of nitrogens with one attached hydrogen (secondary N) is 1. The number of thiazole rings is 1. The van der Waals surface area contributed by atoms with Gasteiger partial charge in [-0.05, 0) is 31.2 Å². The normalized spacial score (nSPS) is 10.6. The molecule has 2 heterocycles. The molecule has 3 rings (SSSR count). The van der Waals surface area contributed by atoms with Crippen molar-refractivity contribution in [1.82, 2.24) is 4.98 Å². The Hall–Kier alpha value is -3.27. The number of furan rings is 1. The molecule has 0 spiro atoms. The van der Waals surface area contributed by atoms with Crippen LogP contribution in [0.1, 0.15) is 28.9 Å². The Bertz CT molecular complexity index is 1020. The van der Waals surface area contributed by atoms with Crippen LogP contribution in [0.3, 0.4) is 0 Å². The van der Waals surface area contributed by atoms with Gasteiger partial charge in [0, 0.05) is 11.4 Å². The largest absolute Gasteiger partial charge is 0.483 e. The minimum Gasteiger partial charge on any atom is -0.483 e. The van der Waals surface area contributed by atoms with Crippen LogP contribution in [0.2, 0.25) is 0 Å². The molecule has 0 bridgehead atoms. The van der Waals surface area contributed by atoms with Gasteiger partial charge in [-0.2, -0.15) is 0 Å². The van der Waals surface area contributed by atoms with E-state index in [4.69, 9.17) is 13.9 Å². The molecule has 0 aliphatic rings. The Morgan fingerprint density at radius 2 is 2.07 bits per heavy atom. The van der Waals surface area contributed by atoms with E-state index in [1.165, 1.54) is 12.1 Å². The van der Waals surface area contributed by atoms with Crippen molar-refractivity contribution in [1.29, 1.82) is 0 Å². The first-order valence-electron chi connectivity index (χ1n) is 8.52. The molecule has 10 heteroatoms. The number of halogens is 2. The van der Waals surface area contributed by atoms with Crippen LogP contribution in [-0.2, 0) is 22.6 Å². The summed E-state index contributed by atoms with van der Waals surface area (Å²) in [6.07, 6.45) is 0.0163. The molecule has 0 saturated heterocycles. The van der Waals surface area contributed by atoms with E-state index in [0.29, 0.717) is 16.9 Å². The number of anilines is 1. The van der Waals surface area contributed by atoms with E-state index in [-0.39, 0.29) is 36.9 Å². The number of ether oxygens (including phenoxy) is 2. The number of carbonyl (C=O) groups is 2. The molecular weight excluding hydrogens is 406 g/mol. The molecule has 2 aromatic heterocycles. The molecule has 29 heavy (non-hydrogen) atoms. The zero-order valence-corrected chi connectivity index (χ0v) is 16.1. The van der Waals surface area contributed by atoms with Gasteiger partial charge >= 0.3 is 5.97 Å². The van der Waals surface area contributed by atoms with E-state index < -0.39 is 23.5 Å². The van der Waals surface area contributed by atoms with Gasteiger partial charge in [0.15, 0.2) is 22.5 Å². The van der Waals surface area contributed by atoms with Crippen molar-refractivity contribution in [2.24, 2.45) is 0 Å². The van der Waals surface area contributed by atoms with E-state index in [1.54, 1.807) is 12.3 Å². The first-order valence-corrected chi connectivity index (χ1v) is 9.40. The number of carbonyl (C=O) groups excluding carboxylic acids is 2. The highest BCUT2D eigenvalue weighted by Crippen LogP contribution is 2.21. The second-order valence-electron chi connectivity index (χ2n) is 5.71. The lowest BCUT2D eigenvalue weighted by Crippen LogP contribution is -2.11. The van der Waals surface area contributed by atoms with Gasteiger partial charge in [0.1, 0.15) is 18.2 Å². The van der Waals surface area contributed by atoms with Crippen molar-refractivity contribution in [3.8, 4) is 5.75 Å². The Labute approximate surface area is 168 Å². The fraction of sp³-hybridized carbons (Fsp3) is 0.211. The zero-order chi connectivity index (χ0) is 20.8. The first kappa shape index (κ1) is 20.5. The Balaban J connectivity index is 1.55. The number of amides is 1. The van der Waals surface area contributed by atoms with Crippen LogP contribution in [-0.4, -0.2) is 23.5 Å². The molecular formula is C19H16F2N2O5S. The number of aromatic nitrogens is 1. The molecule has 0 aliphatic heterocycles. The maximum absolute atomic E-state index is 13.6. The molecule has 152 valence electrons. The first-order chi connectivity index (χ1) is 13.9. The molecule has 0 atom stereocenters. The zero-order valence-electron chi connectivity index (χ0n) is 15.2. The number of benzene rings is 1. The predicted octanol–water partition coefficient (Wildman–Crippen LogP) is 3.95. The molecule has 0 fully saturated rings. The maximum atomic E-state index is 13.6. The summed E-state index contributed by atoms with van der Waals surface area (Å²) >= 11 is 1.16. The van der Waals surface area contributed by atoms with Crippen molar-refractivity contribution >= 4 is 28.3 Å². The summed E-state index contributed by atoms with van der Waals surface area (Å²) in [5, 5.41) is 4.51. The molecule has 0 saturated carbocycles. The van der Waals surface area contributed by atoms with Crippen LogP contribution in [0.15, 0.2) is 40.1 Å². The third kappa shape index (κ3) is 5.61. The van der Waals surface area contributed by atoms with Gasteiger partial charge in [-0.15, -0.1) is 11.3 Å². The minimum absolute atomic E-state index is 0.00493. The predicted molar refractivity (Wildman–Crippen MR) is 99.8 cm³/mol. The van der Waals surface area contributed by atoms with Crippen LogP contribution in [0.5, 0.6) is 5.75 Å². The SMILES string of the molecule is CCOC(=O)Cc1csc(NC(=O)c2ccc(COc3ccc(F)cc3F)o2)n1. The summed E-state index contributed by atoms with van der Waals surface area (Å²) in [7, 11) is 0. The topological polar surface area (TPSA) is 90.7 Å².